The Balaban J connectivity index is 2.63. The summed E-state index contributed by atoms with van der Waals surface area (Å²) in [5.41, 5.74) is 0.0596. The van der Waals surface area contributed by atoms with Crippen LogP contribution in [0.25, 0.3) is 10.9 Å². The molecule has 0 atom stereocenters. The number of aromatic nitrogens is 1. The number of ether oxygens (including phenoxy) is 2. The van der Waals surface area contributed by atoms with Crippen LogP contribution in [0.3, 0.4) is 0 Å². The lowest BCUT2D eigenvalue weighted by atomic mass is 10.0. The van der Waals surface area contributed by atoms with E-state index in [0.717, 1.165) is 5.39 Å². The van der Waals surface area contributed by atoms with Gasteiger partial charge in [-0.1, -0.05) is 12.1 Å². The van der Waals surface area contributed by atoms with Crippen LogP contribution in [0.5, 0.6) is 0 Å². The van der Waals surface area contributed by atoms with Gasteiger partial charge in [0.15, 0.2) is 0 Å². The Morgan fingerprint density at radius 3 is 2.43 bits per heavy atom. The first-order valence-electron chi connectivity index (χ1n) is 6.53. The summed E-state index contributed by atoms with van der Waals surface area (Å²) in [6, 6.07) is 6.86. The minimum Gasteiger partial charge on any atom is -0.465 e. The van der Waals surface area contributed by atoms with Crippen molar-refractivity contribution in [2.75, 3.05) is 7.11 Å². The predicted octanol–water partition coefficient (Wildman–Crippen LogP) is 2.98. The number of fused-ring (bicyclic) bond motifs is 1. The smallest absolute Gasteiger partial charge is 0.340 e. The molecule has 0 spiro atoms. The molecule has 0 unspecified atom stereocenters. The lowest BCUT2D eigenvalue weighted by Crippen LogP contribution is -2.25. The van der Waals surface area contributed by atoms with Crippen molar-refractivity contribution in [1.82, 2.24) is 4.98 Å². The highest BCUT2D eigenvalue weighted by molar-refractivity contribution is 6.11. The Hall–Kier alpha value is -2.43. The Bertz CT molecular complexity index is 701. The molecule has 0 aliphatic rings. The minimum atomic E-state index is -0.649. The van der Waals surface area contributed by atoms with E-state index in [1.165, 1.54) is 7.11 Å². The lowest BCUT2D eigenvalue weighted by molar-refractivity contribution is 0.00655. The summed E-state index contributed by atoms with van der Waals surface area (Å²) in [6.07, 6.45) is 1.56. The van der Waals surface area contributed by atoms with Crippen LogP contribution in [0.15, 0.2) is 30.5 Å². The van der Waals surface area contributed by atoms with Crippen LogP contribution in [0.4, 0.5) is 0 Å². The Labute approximate surface area is 122 Å². The van der Waals surface area contributed by atoms with Crippen LogP contribution < -0.4 is 0 Å². The normalized spacial score (nSPS) is 11.2. The number of benzene rings is 1. The third-order valence-electron chi connectivity index (χ3n) is 2.78. The van der Waals surface area contributed by atoms with Crippen molar-refractivity contribution in [3.05, 3.63) is 41.6 Å². The van der Waals surface area contributed by atoms with Gasteiger partial charge < -0.3 is 9.47 Å². The molecule has 1 aromatic carbocycles. The maximum Gasteiger partial charge on any atom is 0.340 e. The summed E-state index contributed by atoms with van der Waals surface area (Å²) in [5.74, 6) is -1.18. The zero-order valence-electron chi connectivity index (χ0n) is 12.5. The highest BCUT2D eigenvalue weighted by atomic mass is 16.6. The van der Waals surface area contributed by atoms with E-state index < -0.39 is 17.5 Å². The summed E-state index contributed by atoms with van der Waals surface area (Å²) >= 11 is 0. The highest BCUT2D eigenvalue weighted by Crippen LogP contribution is 2.23. The monoisotopic (exact) mass is 287 g/mol. The molecule has 110 valence electrons. The van der Waals surface area contributed by atoms with Gasteiger partial charge in [0.05, 0.1) is 18.2 Å². The second-order valence-corrected chi connectivity index (χ2v) is 5.56. The van der Waals surface area contributed by atoms with Gasteiger partial charge in [-0.05, 0) is 32.9 Å². The first-order valence-corrected chi connectivity index (χ1v) is 6.53. The summed E-state index contributed by atoms with van der Waals surface area (Å²) in [5, 5.41) is 0.755. The Morgan fingerprint density at radius 1 is 1.10 bits per heavy atom. The van der Waals surface area contributed by atoms with E-state index in [2.05, 4.69) is 4.98 Å². The van der Waals surface area contributed by atoms with Gasteiger partial charge in [0.25, 0.3) is 0 Å². The van der Waals surface area contributed by atoms with Gasteiger partial charge in [-0.2, -0.15) is 0 Å². The van der Waals surface area contributed by atoms with Crippen LogP contribution in [0.1, 0.15) is 41.5 Å². The number of carbonyl (C=O) groups excluding carboxylic acids is 2. The molecular formula is C16H17NO4. The molecule has 0 aliphatic heterocycles. The number of nitrogens with zero attached hydrogens (tertiary/aromatic N) is 1. The summed E-state index contributed by atoms with van der Waals surface area (Å²) in [7, 11) is 1.27. The van der Waals surface area contributed by atoms with Gasteiger partial charge in [-0.3, -0.25) is 4.98 Å². The Morgan fingerprint density at radius 2 is 1.81 bits per heavy atom. The molecule has 0 bridgehead atoms. The maximum absolute atomic E-state index is 12.3. The van der Waals surface area contributed by atoms with E-state index in [1.54, 1.807) is 45.2 Å². The van der Waals surface area contributed by atoms with Crippen LogP contribution in [0, 0.1) is 0 Å². The average Bonchev–Trinajstić information content (AvgIpc) is 2.43. The van der Waals surface area contributed by atoms with Crippen molar-refractivity contribution in [3.63, 3.8) is 0 Å². The third-order valence-corrected chi connectivity index (χ3v) is 2.78. The maximum atomic E-state index is 12.3. The number of carbonyl (C=O) groups is 2. The molecule has 0 amide bonds. The molecule has 0 fully saturated rings. The molecule has 2 aromatic rings. The molecule has 0 aliphatic carbocycles. The van der Waals surface area contributed by atoms with Crippen molar-refractivity contribution >= 4 is 22.8 Å². The number of pyridine rings is 1. The van der Waals surface area contributed by atoms with Crippen molar-refractivity contribution in [2.45, 2.75) is 26.4 Å². The zero-order chi connectivity index (χ0) is 15.6. The second kappa shape index (κ2) is 5.52. The zero-order valence-corrected chi connectivity index (χ0v) is 12.5. The van der Waals surface area contributed by atoms with Gasteiger partial charge in [-0.15, -0.1) is 0 Å². The molecule has 5 nitrogen and oxygen atoms in total. The van der Waals surface area contributed by atoms with Crippen molar-refractivity contribution in [2.24, 2.45) is 0 Å². The topological polar surface area (TPSA) is 65.5 Å². The van der Waals surface area contributed by atoms with E-state index in [-0.39, 0.29) is 11.1 Å². The fourth-order valence-electron chi connectivity index (χ4n) is 1.96. The molecular weight excluding hydrogens is 270 g/mol. The molecule has 2 rings (SSSR count). The van der Waals surface area contributed by atoms with Crippen LogP contribution in [0.2, 0.25) is 0 Å². The third kappa shape index (κ3) is 3.18. The molecule has 0 N–H and O–H groups in total. The van der Waals surface area contributed by atoms with Crippen molar-refractivity contribution in [1.29, 1.82) is 0 Å². The molecule has 1 heterocycles. The van der Waals surface area contributed by atoms with E-state index >= 15 is 0 Å². The number of esters is 2. The predicted molar refractivity (Wildman–Crippen MR) is 78.3 cm³/mol. The summed E-state index contributed by atoms with van der Waals surface area (Å²) < 4.78 is 10.1. The fraction of sp³-hybridized carbons (Fsp3) is 0.312. The fourth-order valence-corrected chi connectivity index (χ4v) is 1.96. The molecule has 1 aromatic heterocycles. The highest BCUT2D eigenvalue weighted by Gasteiger charge is 2.25. The first-order chi connectivity index (χ1) is 9.83. The van der Waals surface area contributed by atoms with Gasteiger partial charge in [0.1, 0.15) is 11.2 Å². The van der Waals surface area contributed by atoms with Crippen LogP contribution in [-0.4, -0.2) is 29.6 Å². The van der Waals surface area contributed by atoms with E-state index in [4.69, 9.17) is 9.47 Å². The first kappa shape index (κ1) is 15.0. The second-order valence-electron chi connectivity index (χ2n) is 5.56. The SMILES string of the molecule is COC(=O)c1c(C(=O)OC(C)(C)C)ccc2cccnc12. The standard InChI is InChI=1S/C16H17NO4/c1-16(2,3)21-14(18)11-8-7-10-6-5-9-17-13(10)12(11)15(19)20-4/h5-9H,1-4H3. The quantitative estimate of drug-likeness (QED) is 0.794. The van der Waals surface area contributed by atoms with Crippen molar-refractivity contribution < 1.29 is 19.1 Å². The van der Waals surface area contributed by atoms with Gasteiger partial charge in [-0.25, -0.2) is 9.59 Å². The summed E-state index contributed by atoms with van der Waals surface area (Å²) in [6.45, 7) is 5.30. The van der Waals surface area contributed by atoms with Crippen LogP contribution in [-0.2, 0) is 9.47 Å². The summed E-state index contributed by atoms with van der Waals surface area (Å²) in [4.78, 5) is 28.5. The minimum absolute atomic E-state index is 0.129. The van der Waals surface area contributed by atoms with Gasteiger partial charge in [0.2, 0.25) is 0 Å². The van der Waals surface area contributed by atoms with Gasteiger partial charge in [0, 0.05) is 11.6 Å². The molecule has 5 heteroatoms. The van der Waals surface area contributed by atoms with Crippen molar-refractivity contribution in [3.8, 4) is 0 Å². The molecule has 0 saturated heterocycles. The van der Waals surface area contributed by atoms with Gasteiger partial charge >= 0.3 is 11.9 Å². The largest absolute Gasteiger partial charge is 0.465 e. The Kier molecular flexibility index (Phi) is 3.93. The number of hydrogen-bond acceptors (Lipinski definition) is 5. The molecule has 21 heavy (non-hydrogen) atoms. The number of rotatable bonds is 2. The number of methoxy groups -OCH3 is 1. The van der Waals surface area contributed by atoms with E-state index in [0.29, 0.717) is 5.52 Å². The molecule has 0 saturated carbocycles. The van der Waals surface area contributed by atoms with E-state index in [9.17, 15) is 9.59 Å². The molecule has 0 radical (unpaired) electrons. The van der Waals surface area contributed by atoms with E-state index in [1.807, 2.05) is 6.07 Å². The van der Waals surface area contributed by atoms with Crippen LogP contribution >= 0.6 is 0 Å². The average molecular weight is 287 g/mol. The lowest BCUT2D eigenvalue weighted by Gasteiger charge is -2.20. The number of hydrogen-bond donors (Lipinski definition) is 0.